The summed E-state index contributed by atoms with van der Waals surface area (Å²) in [5.74, 6) is 5.56. The van der Waals surface area contributed by atoms with Crippen LogP contribution in [-0.2, 0) is 4.79 Å². The number of rotatable bonds is 2. The van der Waals surface area contributed by atoms with Gasteiger partial charge in [0, 0.05) is 6.42 Å². The lowest BCUT2D eigenvalue weighted by Crippen LogP contribution is -1.90. The van der Waals surface area contributed by atoms with Crippen molar-refractivity contribution in [2.75, 3.05) is 0 Å². The van der Waals surface area contributed by atoms with Crippen molar-refractivity contribution in [3.63, 3.8) is 0 Å². The number of carbonyl (C=O) groups excluding carboxylic acids is 1. The lowest BCUT2D eigenvalue weighted by atomic mass is 10.0. The zero-order chi connectivity index (χ0) is 14.1. The van der Waals surface area contributed by atoms with Gasteiger partial charge in [0.15, 0.2) is 0 Å². The number of benzene rings is 1. The first-order chi connectivity index (χ1) is 8.54. The molecule has 0 radical (unpaired) electrons. The smallest absolute Gasteiger partial charge is 0.205 e. The van der Waals surface area contributed by atoms with Gasteiger partial charge in [-0.1, -0.05) is 46.6 Å². The second kappa shape index (κ2) is 8.36. The molecule has 2 heteroatoms. The van der Waals surface area contributed by atoms with Crippen molar-refractivity contribution in [3.8, 4) is 17.6 Å². The molecule has 0 bridgehead atoms. The molecule has 0 atom stereocenters. The first-order valence-corrected chi connectivity index (χ1v) is 6.42. The summed E-state index contributed by atoms with van der Waals surface area (Å²) in [6.45, 7) is 9.88. The number of carbonyl (C=O) groups is 1. The maximum atomic E-state index is 11.0. The summed E-state index contributed by atoms with van der Waals surface area (Å²) in [4.78, 5) is 11.0. The Bertz CT molecular complexity index is 448. The normalized spacial score (nSPS) is 9.00. The number of hydrogen-bond donors (Lipinski definition) is 1. The zero-order valence-electron chi connectivity index (χ0n) is 11.9. The SMILES string of the molecule is CC.CCC(=O)C#Cc1ccc(C(C)C)cc1O. The number of phenolic OH excluding ortho intramolecular Hbond substituents is 1. The Kier molecular flexibility index (Phi) is 7.54. The van der Waals surface area contributed by atoms with Gasteiger partial charge in [-0.2, -0.15) is 0 Å². The quantitative estimate of drug-likeness (QED) is 0.804. The average Bonchev–Trinajstić information content (AvgIpc) is 2.39. The molecule has 0 aliphatic rings. The summed E-state index contributed by atoms with van der Waals surface area (Å²) in [5, 5.41) is 9.71. The molecule has 0 heterocycles. The van der Waals surface area contributed by atoms with Crippen LogP contribution >= 0.6 is 0 Å². The molecule has 0 saturated carbocycles. The Hall–Kier alpha value is -1.75. The molecule has 98 valence electrons. The highest BCUT2D eigenvalue weighted by Crippen LogP contribution is 2.22. The fourth-order valence-corrected chi connectivity index (χ4v) is 1.24. The molecule has 1 aromatic rings. The number of Topliss-reactive ketones (excluding diaryl/α,β-unsaturated/α-hetero) is 1. The van der Waals surface area contributed by atoms with Crippen LogP contribution in [0.4, 0.5) is 0 Å². The summed E-state index contributed by atoms with van der Waals surface area (Å²) in [7, 11) is 0. The fourth-order valence-electron chi connectivity index (χ4n) is 1.24. The van der Waals surface area contributed by atoms with Gasteiger partial charge in [0.1, 0.15) is 5.75 Å². The molecule has 0 aromatic heterocycles. The van der Waals surface area contributed by atoms with Crippen molar-refractivity contribution in [1.82, 2.24) is 0 Å². The number of ketones is 1. The van der Waals surface area contributed by atoms with Crippen LogP contribution in [0.15, 0.2) is 18.2 Å². The highest BCUT2D eigenvalue weighted by molar-refractivity contribution is 5.95. The van der Waals surface area contributed by atoms with Crippen LogP contribution in [0.2, 0.25) is 0 Å². The highest BCUT2D eigenvalue weighted by atomic mass is 16.3. The minimum absolute atomic E-state index is 0.118. The van der Waals surface area contributed by atoms with Crippen molar-refractivity contribution in [1.29, 1.82) is 0 Å². The minimum Gasteiger partial charge on any atom is -0.507 e. The Labute approximate surface area is 110 Å². The van der Waals surface area contributed by atoms with Gasteiger partial charge in [0.25, 0.3) is 0 Å². The maximum Gasteiger partial charge on any atom is 0.205 e. The Balaban J connectivity index is 0.00000137. The van der Waals surface area contributed by atoms with Gasteiger partial charge >= 0.3 is 0 Å². The number of phenols is 1. The number of hydrogen-bond acceptors (Lipinski definition) is 2. The third-order valence-corrected chi connectivity index (χ3v) is 2.35. The molecule has 0 fully saturated rings. The largest absolute Gasteiger partial charge is 0.507 e. The molecule has 2 nitrogen and oxygen atoms in total. The highest BCUT2D eigenvalue weighted by Gasteiger charge is 2.03. The van der Waals surface area contributed by atoms with Crippen LogP contribution in [0, 0.1) is 11.8 Å². The van der Waals surface area contributed by atoms with Gasteiger partial charge in [-0.15, -0.1) is 0 Å². The topological polar surface area (TPSA) is 37.3 Å². The van der Waals surface area contributed by atoms with E-state index in [2.05, 4.69) is 25.7 Å². The predicted octanol–water partition coefficient (Wildman–Crippen LogP) is 3.87. The van der Waals surface area contributed by atoms with E-state index in [0.29, 0.717) is 17.9 Å². The monoisotopic (exact) mass is 246 g/mol. The summed E-state index contributed by atoms with van der Waals surface area (Å²) in [6.07, 6.45) is 0.401. The van der Waals surface area contributed by atoms with E-state index in [-0.39, 0.29) is 11.5 Å². The summed E-state index contributed by atoms with van der Waals surface area (Å²) >= 11 is 0. The van der Waals surface area contributed by atoms with Crippen molar-refractivity contribution in [3.05, 3.63) is 29.3 Å². The van der Waals surface area contributed by atoms with Crippen LogP contribution in [0.3, 0.4) is 0 Å². The maximum absolute atomic E-state index is 11.0. The standard InChI is InChI=1S/C14H16O2.C2H6/c1-4-13(15)8-7-11-5-6-12(10(2)3)9-14(11)16;1-2/h5-6,9-10,16H,4H2,1-3H3;1-2H3. The molecular weight excluding hydrogens is 224 g/mol. The van der Waals surface area contributed by atoms with Crippen molar-refractivity contribution >= 4 is 5.78 Å². The van der Waals surface area contributed by atoms with Crippen LogP contribution in [0.1, 0.15) is 58.1 Å². The van der Waals surface area contributed by atoms with E-state index in [4.69, 9.17) is 0 Å². The Morgan fingerprint density at radius 3 is 2.39 bits per heavy atom. The molecule has 18 heavy (non-hydrogen) atoms. The fraction of sp³-hybridized carbons (Fsp3) is 0.438. The summed E-state index contributed by atoms with van der Waals surface area (Å²) in [5.41, 5.74) is 1.57. The zero-order valence-corrected chi connectivity index (χ0v) is 11.9. The third-order valence-electron chi connectivity index (χ3n) is 2.35. The second-order valence-electron chi connectivity index (χ2n) is 3.96. The van der Waals surface area contributed by atoms with Gasteiger partial charge in [-0.05, 0) is 29.5 Å². The molecule has 1 aromatic carbocycles. The summed E-state index contributed by atoms with van der Waals surface area (Å²) < 4.78 is 0. The molecule has 0 unspecified atom stereocenters. The molecular formula is C16H22O2. The van der Waals surface area contributed by atoms with Crippen molar-refractivity contribution < 1.29 is 9.90 Å². The van der Waals surface area contributed by atoms with E-state index < -0.39 is 0 Å². The van der Waals surface area contributed by atoms with E-state index >= 15 is 0 Å². The second-order valence-corrected chi connectivity index (χ2v) is 3.96. The van der Waals surface area contributed by atoms with Crippen molar-refractivity contribution in [2.45, 2.75) is 47.0 Å². The van der Waals surface area contributed by atoms with Gasteiger partial charge in [-0.3, -0.25) is 4.79 Å². The van der Waals surface area contributed by atoms with Crippen LogP contribution < -0.4 is 0 Å². The van der Waals surface area contributed by atoms with E-state index in [9.17, 15) is 9.90 Å². The van der Waals surface area contributed by atoms with Gasteiger partial charge in [-0.25, -0.2) is 0 Å². The molecule has 0 aliphatic heterocycles. The molecule has 1 rings (SSSR count). The lowest BCUT2D eigenvalue weighted by Gasteiger charge is -2.06. The van der Waals surface area contributed by atoms with E-state index in [1.807, 2.05) is 19.9 Å². The Morgan fingerprint density at radius 2 is 1.94 bits per heavy atom. The molecule has 0 aliphatic carbocycles. The molecule has 0 amide bonds. The molecule has 0 spiro atoms. The van der Waals surface area contributed by atoms with E-state index in [1.54, 1.807) is 19.1 Å². The minimum atomic E-state index is -0.118. The van der Waals surface area contributed by atoms with Gasteiger partial charge in [0.2, 0.25) is 5.78 Å². The summed E-state index contributed by atoms with van der Waals surface area (Å²) in [6, 6.07) is 5.37. The first kappa shape index (κ1) is 16.2. The van der Waals surface area contributed by atoms with Crippen molar-refractivity contribution in [2.24, 2.45) is 0 Å². The molecule has 0 saturated heterocycles. The van der Waals surface area contributed by atoms with Gasteiger partial charge < -0.3 is 5.11 Å². The van der Waals surface area contributed by atoms with Gasteiger partial charge in [0.05, 0.1) is 5.56 Å². The first-order valence-electron chi connectivity index (χ1n) is 6.42. The van der Waals surface area contributed by atoms with Crippen LogP contribution in [0.5, 0.6) is 5.75 Å². The number of aromatic hydroxyl groups is 1. The Morgan fingerprint density at radius 1 is 1.33 bits per heavy atom. The van der Waals surface area contributed by atoms with E-state index in [1.165, 1.54) is 0 Å². The average molecular weight is 246 g/mol. The van der Waals surface area contributed by atoms with Crippen LogP contribution in [0.25, 0.3) is 0 Å². The third kappa shape index (κ3) is 5.05. The van der Waals surface area contributed by atoms with Crippen LogP contribution in [-0.4, -0.2) is 10.9 Å². The van der Waals surface area contributed by atoms with E-state index in [0.717, 1.165) is 5.56 Å². The molecule has 1 N–H and O–H groups in total. The lowest BCUT2D eigenvalue weighted by molar-refractivity contribution is -0.113. The predicted molar refractivity (Wildman–Crippen MR) is 75.7 cm³/mol.